The van der Waals surface area contributed by atoms with E-state index in [0.29, 0.717) is 0 Å². The Kier molecular flexibility index (Phi) is 1.57. The molecule has 46 valence electrons. The highest BCUT2D eigenvalue weighted by atomic mass is 35.5. The first-order chi connectivity index (χ1) is 4.20. The molecule has 9 heavy (non-hydrogen) atoms. The van der Waals surface area contributed by atoms with Gasteiger partial charge in [-0.15, -0.1) is 4.39 Å². The molecule has 0 aromatic rings. The van der Waals surface area contributed by atoms with Crippen LogP contribution in [0.3, 0.4) is 0 Å². The lowest BCUT2D eigenvalue weighted by Gasteiger charge is -1.81. The molecule has 0 aliphatic carbocycles. The van der Waals surface area contributed by atoms with E-state index < -0.39 is 17.1 Å². The molecule has 0 bridgehead atoms. The van der Waals surface area contributed by atoms with Crippen molar-refractivity contribution in [3.63, 3.8) is 0 Å². The van der Waals surface area contributed by atoms with Crippen LogP contribution in [-0.4, -0.2) is 12.1 Å². The van der Waals surface area contributed by atoms with E-state index >= 15 is 0 Å². The van der Waals surface area contributed by atoms with Crippen LogP contribution in [0.2, 0.25) is 0 Å². The first-order valence-corrected chi connectivity index (χ1v) is 2.34. The minimum atomic E-state index is -1.17. The molecule has 0 spiro atoms. The summed E-state index contributed by atoms with van der Waals surface area (Å²) in [5, 5.41) is -0.406. The van der Waals surface area contributed by atoms with Crippen LogP contribution in [-0.2, 0) is 0 Å². The molecule has 2 radical (unpaired) electrons. The van der Waals surface area contributed by atoms with Crippen molar-refractivity contribution >= 4 is 23.7 Å². The van der Waals surface area contributed by atoms with Crippen molar-refractivity contribution in [3.8, 4) is 0 Å². The van der Waals surface area contributed by atoms with Crippen LogP contribution in [0, 0.1) is 6.20 Å². The summed E-state index contributed by atoms with van der Waals surface area (Å²) in [6.45, 7) is 0. The number of halogens is 3. The number of amidine groups is 1. The van der Waals surface area contributed by atoms with Gasteiger partial charge in [0.15, 0.2) is 5.03 Å². The molecule has 0 aromatic carbocycles. The second kappa shape index (κ2) is 2.23. The Bertz CT molecular complexity index is 219. The van der Waals surface area contributed by atoms with Gasteiger partial charge in [-0.2, -0.15) is 4.39 Å². The maximum Gasteiger partial charge on any atom is 0.534 e. The minimum Gasteiger partial charge on any atom is -0.153 e. The predicted molar refractivity (Wildman–Crippen MR) is 29.4 cm³/mol. The molecule has 2 nitrogen and oxygen atoms in total. The van der Waals surface area contributed by atoms with Crippen LogP contribution in [0.15, 0.2) is 10.0 Å². The third-order valence-corrected chi connectivity index (χ3v) is 0.858. The summed E-state index contributed by atoms with van der Waals surface area (Å²) in [5.41, 5.74) is 0. The Morgan fingerprint density at radius 3 is 2.67 bits per heavy atom. The lowest BCUT2D eigenvalue weighted by atomic mass is 10.6. The Morgan fingerprint density at radius 1 is 1.56 bits per heavy atom. The quantitative estimate of drug-likeness (QED) is 0.458. The van der Waals surface area contributed by atoms with E-state index in [1.807, 2.05) is 6.20 Å². The first-order valence-electron chi connectivity index (χ1n) is 1.96. The monoisotopic (exact) mass is 149 g/mol. The summed E-state index contributed by atoms with van der Waals surface area (Å²) in [4.78, 5) is 5.53. The SMILES string of the molecule is FC1=N[C]=C(Cl)C(F)=[N+]1. The standard InChI is InChI=1S/C4ClF2N2/c5-2-1-8-4(7)9-3(2)6/q+1. The molecular formula is C4ClF2N2+. The predicted octanol–water partition coefficient (Wildman–Crippen LogP) is 0.913. The van der Waals surface area contributed by atoms with Crippen LogP contribution in [0.1, 0.15) is 0 Å². The van der Waals surface area contributed by atoms with Crippen LogP contribution in [0.4, 0.5) is 8.78 Å². The molecular weight excluding hydrogens is 150 g/mol. The molecule has 1 rings (SSSR count). The molecule has 0 saturated carbocycles. The Morgan fingerprint density at radius 2 is 2.22 bits per heavy atom. The van der Waals surface area contributed by atoms with E-state index in [-0.39, 0.29) is 0 Å². The molecule has 0 unspecified atom stereocenters. The van der Waals surface area contributed by atoms with Crippen molar-refractivity contribution in [1.29, 1.82) is 0 Å². The van der Waals surface area contributed by atoms with E-state index in [4.69, 9.17) is 11.6 Å². The van der Waals surface area contributed by atoms with Crippen molar-refractivity contribution in [3.05, 3.63) is 11.2 Å². The van der Waals surface area contributed by atoms with Gasteiger partial charge in [-0.05, 0) is 4.99 Å². The number of hydrogen-bond donors (Lipinski definition) is 0. The molecule has 0 fully saturated rings. The van der Waals surface area contributed by atoms with Gasteiger partial charge in [-0.1, -0.05) is 11.6 Å². The fraction of sp³-hybridized carbons (Fsp3) is 0. The van der Waals surface area contributed by atoms with E-state index in [2.05, 4.69) is 9.98 Å². The van der Waals surface area contributed by atoms with Crippen LogP contribution in [0.5, 0.6) is 0 Å². The van der Waals surface area contributed by atoms with Crippen LogP contribution < -0.4 is 4.99 Å². The average Bonchev–Trinajstić information content (AvgIpc) is 1.80. The largest absolute Gasteiger partial charge is 0.534 e. The molecule has 0 aromatic heterocycles. The van der Waals surface area contributed by atoms with E-state index in [9.17, 15) is 8.78 Å². The van der Waals surface area contributed by atoms with Crippen LogP contribution >= 0.6 is 11.6 Å². The molecule has 1 aliphatic heterocycles. The molecule has 1 heterocycles. The fourth-order valence-electron chi connectivity index (χ4n) is 0.296. The van der Waals surface area contributed by atoms with E-state index in [0.717, 1.165) is 0 Å². The Labute approximate surface area is 54.6 Å². The van der Waals surface area contributed by atoms with Gasteiger partial charge in [-0.25, -0.2) is 0 Å². The summed E-state index contributed by atoms with van der Waals surface area (Å²) in [6, 6.07) is 0. The zero-order valence-corrected chi connectivity index (χ0v) is 4.78. The van der Waals surface area contributed by atoms with Gasteiger partial charge in [0.05, 0.1) is 0 Å². The summed E-state index contributed by atoms with van der Waals surface area (Å²) in [7, 11) is 0. The lowest BCUT2D eigenvalue weighted by molar-refractivity contribution is 0.741. The smallest absolute Gasteiger partial charge is 0.153 e. The van der Waals surface area contributed by atoms with Crippen molar-refractivity contribution < 1.29 is 8.78 Å². The van der Waals surface area contributed by atoms with Crippen molar-refractivity contribution in [2.45, 2.75) is 0 Å². The van der Waals surface area contributed by atoms with Crippen LogP contribution in [0.25, 0.3) is 0 Å². The van der Waals surface area contributed by atoms with Gasteiger partial charge in [0.1, 0.15) is 0 Å². The van der Waals surface area contributed by atoms with E-state index in [1.54, 1.807) is 0 Å². The van der Waals surface area contributed by atoms with Crippen molar-refractivity contribution in [2.24, 2.45) is 4.99 Å². The molecule has 1 aliphatic rings. The molecule has 5 heteroatoms. The van der Waals surface area contributed by atoms with Gasteiger partial charge in [0.25, 0.3) is 6.20 Å². The molecule has 0 amide bonds. The maximum atomic E-state index is 12.0. The topological polar surface area (TPSA) is 26.5 Å². The fourth-order valence-corrected chi connectivity index (χ4v) is 0.381. The summed E-state index contributed by atoms with van der Waals surface area (Å²) in [5.74, 6) is -1.09. The van der Waals surface area contributed by atoms with Crippen molar-refractivity contribution in [2.75, 3.05) is 0 Å². The number of rotatable bonds is 0. The van der Waals surface area contributed by atoms with Gasteiger partial charge in [-0.3, -0.25) is 0 Å². The van der Waals surface area contributed by atoms with Gasteiger partial charge in [0.2, 0.25) is 0 Å². The number of allylic oxidation sites excluding steroid dienone is 1. The Balaban J connectivity index is 2.99. The summed E-state index contributed by atoms with van der Waals surface area (Å²) < 4.78 is 23.8. The second-order valence-electron chi connectivity index (χ2n) is 1.21. The molecule has 0 saturated heterocycles. The number of nitrogens with zero attached hydrogens (tertiary/aromatic N) is 2. The maximum absolute atomic E-state index is 12.0. The third kappa shape index (κ3) is 1.32. The normalized spacial score (nSPS) is 18.3. The average molecular weight is 150 g/mol. The minimum absolute atomic E-state index is 0.406. The number of hydrogen-bond acceptors (Lipinski definition) is 2. The van der Waals surface area contributed by atoms with E-state index in [1.165, 1.54) is 0 Å². The summed E-state index contributed by atoms with van der Waals surface area (Å²) >= 11 is 5.06. The van der Waals surface area contributed by atoms with Gasteiger partial charge >= 0.3 is 12.1 Å². The summed E-state index contributed by atoms with van der Waals surface area (Å²) in [6.07, 6.45) is 0.701. The second-order valence-corrected chi connectivity index (χ2v) is 1.59. The highest BCUT2D eigenvalue weighted by molar-refractivity contribution is 6.42. The first kappa shape index (κ1) is 6.35. The highest BCUT2D eigenvalue weighted by Crippen LogP contribution is 2.06. The van der Waals surface area contributed by atoms with Gasteiger partial charge < -0.3 is 0 Å². The third-order valence-electron chi connectivity index (χ3n) is 0.618. The zero-order valence-electron chi connectivity index (χ0n) is 4.03. The Hall–Kier alpha value is -0.770. The lowest BCUT2D eigenvalue weighted by Crippen LogP contribution is -2.10. The zero-order chi connectivity index (χ0) is 6.85. The van der Waals surface area contributed by atoms with Gasteiger partial charge in [0, 0.05) is 4.99 Å². The number of aliphatic imine (C=N–C) groups is 2. The molecule has 0 atom stereocenters. The highest BCUT2D eigenvalue weighted by Gasteiger charge is 2.21. The van der Waals surface area contributed by atoms with Crippen molar-refractivity contribution in [1.82, 2.24) is 4.99 Å². The molecule has 0 N–H and O–H groups in total.